The van der Waals surface area contributed by atoms with Gasteiger partial charge < -0.3 is 29.8 Å². The average Bonchev–Trinajstić information content (AvgIpc) is 3.43. The second-order valence-electron chi connectivity index (χ2n) is 8.39. The maximum atomic E-state index is 15.0. The Bertz CT molecular complexity index is 1080. The highest BCUT2D eigenvalue weighted by Gasteiger charge is 2.46. The van der Waals surface area contributed by atoms with E-state index in [1.165, 1.54) is 17.9 Å². The van der Waals surface area contributed by atoms with Crippen LogP contribution in [0.5, 0.6) is 0 Å². The lowest BCUT2D eigenvalue weighted by molar-refractivity contribution is -0.130. The molecule has 1 amide bonds. The average molecular weight is 507 g/mol. The highest BCUT2D eigenvalue weighted by molar-refractivity contribution is 7.52. The van der Waals surface area contributed by atoms with Crippen molar-refractivity contribution in [3.05, 3.63) is 11.6 Å². The minimum atomic E-state index is -4.56. The number of fused-ring (bicyclic) bond motifs is 1. The number of nitrogens with zero attached hydrogens (tertiary/aromatic N) is 5. The maximum absolute atomic E-state index is 15.0. The summed E-state index contributed by atoms with van der Waals surface area (Å²) in [6.45, 7) is -0.270. The van der Waals surface area contributed by atoms with Gasteiger partial charge in [-0.3, -0.25) is 13.9 Å². The molecule has 15 heteroatoms. The van der Waals surface area contributed by atoms with Crippen molar-refractivity contribution in [2.45, 2.75) is 56.3 Å². The van der Waals surface area contributed by atoms with E-state index in [-0.39, 0.29) is 23.5 Å². The second-order valence-corrected chi connectivity index (χ2v) is 10.4. The molecule has 0 bridgehead atoms. The highest BCUT2D eigenvalue weighted by atomic mass is 35.5. The fraction of sp³-hybridized carbons (Fsp3) is 0.667. The van der Waals surface area contributed by atoms with E-state index >= 15 is 4.39 Å². The summed E-state index contributed by atoms with van der Waals surface area (Å²) in [4.78, 5) is 43.6. The van der Waals surface area contributed by atoms with E-state index in [0.717, 1.165) is 30.6 Å². The Hall–Kier alpha value is -1.89. The number of halogens is 2. The molecule has 182 valence electrons. The van der Waals surface area contributed by atoms with Crippen LogP contribution in [0.1, 0.15) is 31.9 Å². The van der Waals surface area contributed by atoms with Gasteiger partial charge in [-0.15, -0.1) is 0 Å². The van der Waals surface area contributed by atoms with Crippen LogP contribution in [0.2, 0.25) is 5.28 Å². The monoisotopic (exact) mass is 506 g/mol. The van der Waals surface area contributed by atoms with Crippen LogP contribution >= 0.6 is 19.2 Å². The number of anilines is 1. The van der Waals surface area contributed by atoms with Crippen LogP contribution in [0.3, 0.4) is 0 Å². The molecule has 4 rings (SSSR count). The van der Waals surface area contributed by atoms with Crippen molar-refractivity contribution >= 4 is 42.1 Å². The van der Waals surface area contributed by atoms with E-state index in [9.17, 15) is 14.5 Å². The Morgan fingerprint density at radius 3 is 2.76 bits per heavy atom. The number of hydrogen-bond donors (Lipinski definition) is 4. The lowest BCUT2D eigenvalue weighted by Crippen LogP contribution is -2.41. The lowest BCUT2D eigenvalue weighted by atomic mass is 10.1. The van der Waals surface area contributed by atoms with Gasteiger partial charge in [-0.05, 0) is 24.4 Å². The Morgan fingerprint density at radius 2 is 2.09 bits per heavy atom. The number of aromatic nitrogens is 4. The number of amides is 1. The molecule has 4 N–H and O–H groups in total. The van der Waals surface area contributed by atoms with Crippen molar-refractivity contribution in [1.29, 1.82) is 0 Å². The minimum absolute atomic E-state index is 0.0574. The van der Waals surface area contributed by atoms with Gasteiger partial charge in [-0.1, -0.05) is 12.8 Å². The number of nitrogens with one attached hydrogen (secondary N) is 1. The zero-order valence-electron chi connectivity index (χ0n) is 17.7. The maximum Gasteiger partial charge on any atom is 0.334 e. The van der Waals surface area contributed by atoms with Crippen LogP contribution in [0.4, 0.5) is 10.2 Å². The molecule has 2 fully saturated rings. The summed E-state index contributed by atoms with van der Waals surface area (Å²) in [6.07, 6.45) is -1.38. The van der Waals surface area contributed by atoms with E-state index in [4.69, 9.17) is 26.1 Å². The van der Waals surface area contributed by atoms with Crippen LogP contribution in [-0.2, 0) is 14.1 Å². The Kier molecular flexibility index (Phi) is 6.90. The summed E-state index contributed by atoms with van der Waals surface area (Å²) in [5.41, 5.74) is 0.607. The molecule has 1 saturated carbocycles. The van der Waals surface area contributed by atoms with Gasteiger partial charge in [0.1, 0.15) is 18.4 Å². The molecule has 1 saturated heterocycles. The smallest absolute Gasteiger partial charge is 0.334 e. The van der Waals surface area contributed by atoms with Crippen LogP contribution in [-0.4, -0.2) is 89.4 Å². The first-order valence-corrected chi connectivity index (χ1v) is 12.6. The number of rotatable bonds is 7. The normalized spacial score (nSPS) is 26.2. The molecular formula is C18H25ClFN6O6P. The number of imidazole rings is 1. The second kappa shape index (κ2) is 9.40. The van der Waals surface area contributed by atoms with Gasteiger partial charge in [0, 0.05) is 19.6 Å². The van der Waals surface area contributed by atoms with E-state index in [1.54, 1.807) is 0 Å². The molecule has 2 aromatic heterocycles. The number of aliphatic hydroxyl groups excluding tert-OH is 1. The zero-order chi connectivity index (χ0) is 23.9. The number of likely N-dealkylation sites (N-methyl/N-ethyl adjacent to an activating group) is 1. The molecule has 2 aromatic rings. The number of aliphatic hydroxyl groups is 1. The molecule has 0 unspecified atom stereocenters. The van der Waals surface area contributed by atoms with Gasteiger partial charge in [0.05, 0.1) is 6.33 Å². The number of carbonyl (C=O) groups is 1. The quantitative estimate of drug-likeness (QED) is 0.315. The molecular weight excluding hydrogens is 482 g/mol. The fourth-order valence-electron chi connectivity index (χ4n) is 4.19. The van der Waals surface area contributed by atoms with Crippen LogP contribution in [0.25, 0.3) is 11.2 Å². The molecule has 3 heterocycles. The van der Waals surface area contributed by atoms with E-state index in [2.05, 4.69) is 20.3 Å². The van der Waals surface area contributed by atoms with Crippen molar-refractivity contribution in [3.8, 4) is 0 Å². The highest BCUT2D eigenvalue weighted by Crippen LogP contribution is 2.37. The standard InChI is InChI=1S/C18H25ClFN6O6P/c1-25(11(27)7-33(29,30)31)6-10-14(28)12(20)17(32-10)26-8-21-13-15(22-9-4-2-3-5-9)23-18(19)24-16(13)26/h8-10,12,14,17,28H,2-7H2,1H3,(H,22,23,24)(H2,29,30,31)/t10-,12+,14-,17-/m1/s1. The summed E-state index contributed by atoms with van der Waals surface area (Å²) >= 11 is 6.10. The van der Waals surface area contributed by atoms with E-state index < -0.39 is 44.3 Å². The first kappa shape index (κ1) is 24.2. The summed E-state index contributed by atoms with van der Waals surface area (Å²) in [6, 6.07) is 0.230. The summed E-state index contributed by atoms with van der Waals surface area (Å²) in [5.74, 6) is -0.419. The number of alkyl halides is 1. The van der Waals surface area contributed by atoms with Gasteiger partial charge in [-0.2, -0.15) is 9.97 Å². The van der Waals surface area contributed by atoms with Crippen molar-refractivity contribution < 1.29 is 33.4 Å². The third-order valence-electron chi connectivity index (χ3n) is 5.88. The predicted molar refractivity (Wildman–Crippen MR) is 116 cm³/mol. The van der Waals surface area contributed by atoms with Gasteiger partial charge in [0.2, 0.25) is 11.2 Å². The predicted octanol–water partition coefficient (Wildman–Crippen LogP) is 1.07. The molecule has 2 aliphatic rings. The van der Waals surface area contributed by atoms with Crippen LogP contribution in [0.15, 0.2) is 6.33 Å². The minimum Gasteiger partial charge on any atom is -0.387 e. The molecule has 0 aromatic carbocycles. The summed E-state index contributed by atoms with van der Waals surface area (Å²) in [7, 11) is -3.27. The fourth-order valence-corrected chi connectivity index (χ4v) is 4.95. The SMILES string of the molecule is CN(C[C@H]1O[C@@H](n2cnc3c(NC4CCCC4)nc(Cl)nc32)[C@@H](F)[C@@H]1O)C(=O)CP(=O)(O)O. The lowest BCUT2D eigenvalue weighted by Gasteiger charge is -2.23. The topological polar surface area (TPSA) is 163 Å². The van der Waals surface area contributed by atoms with Crippen molar-refractivity contribution in [3.63, 3.8) is 0 Å². The van der Waals surface area contributed by atoms with Crippen molar-refractivity contribution in [1.82, 2.24) is 24.4 Å². The van der Waals surface area contributed by atoms with Crippen LogP contribution in [0, 0.1) is 0 Å². The third-order valence-corrected chi connectivity index (χ3v) is 6.73. The van der Waals surface area contributed by atoms with E-state index in [0.29, 0.717) is 11.3 Å². The van der Waals surface area contributed by atoms with Crippen molar-refractivity contribution in [2.75, 3.05) is 25.1 Å². The number of hydrogen-bond acceptors (Lipinski definition) is 8. The molecule has 0 radical (unpaired) electrons. The largest absolute Gasteiger partial charge is 0.387 e. The number of carbonyl (C=O) groups excluding carboxylic acids is 1. The first-order valence-electron chi connectivity index (χ1n) is 10.5. The van der Waals surface area contributed by atoms with Gasteiger partial charge in [0.15, 0.2) is 29.4 Å². The Labute approximate surface area is 193 Å². The molecule has 0 spiro atoms. The molecule has 1 aliphatic carbocycles. The Morgan fingerprint density at radius 1 is 1.39 bits per heavy atom. The first-order chi connectivity index (χ1) is 15.5. The van der Waals surface area contributed by atoms with E-state index in [1.807, 2.05) is 0 Å². The zero-order valence-corrected chi connectivity index (χ0v) is 19.4. The number of ether oxygens (including phenoxy) is 1. The molecule has 12 nitrogen and oxygen atoms in total. The van der Waals surface area contributed by atoms with Gasteiger partial charge in [0.25, 0.3) is 0 Å². The Balaban J connectivity index is 1.54. The molecule has 33 heavy (non-hydrogen) atoms. The van der Waals surface area contributed by atoms with Gasteiger partial charge in [-0.25, -0.2) is 9.37 Å². The third kappa shape index (κ3) is 5.28. The van der Waals surface area contributed by atoms with Gasteiger partial charge >= 0.3 is 7.60 Å². The molecule has 4 atom stereocenters. The van der Waals surface area contributed by atoms with Crippen molar-refractivity contribution in [2.24, 2.45) is 0 Å². The summed E-state index contributed by atoms with van der Waals surface area (Å²) < 4.78 is 33.1. The molecule has 1 aliphatic heterocycles. The summed E-state index contributed by atoms with van der Waals surface area (Å²) in [5, 5.41) is 13.6. The van der Waals surface area contributed by atoms with Crippen LogP contribution < -0.4 is 5.32 Å².